The van der Waals surface area contributed by atoms with Gasteiger partial charge in [-0.25, -0.2) is 13.8 Å². The van der Waals surface area contributed by atoms with E-state index in [0.29, 0.717) is 11.3 Å². The number of H-pyrrole nitrogens is 1. The van der Waals surface area contributed by atoms with E-state index in [1.54, 1.807) is 42.5 Å². The first kappa shape index (κ1) is 16.0. The number of aromatic nitrogens is 2. The lowest BCUT2D eigenvalue weighted by Gasteiger charge is -2.26. The largest absolute Gasteiger partial charge is 0.363 e. The average molecular weight is 351 g/mol. The second kappa shape index (κ2) is 6.11. The second-order valence-corrected chi connectivity index (χ2v) is 6.03. The zero-order valence-electron chi connectivity index (χ0n) is 13.5. The summed E-state index contributed by atoms with van der Waals surface area (Å²) in [5.41, 5.74) is -0.301. The number of hydrogen-bond donors (Lipinski definition) is 2. The molecule has 1 aromatic heterocycles. The molecule has 1 aliphatic rings. The monoisotopic (exact) mass is 351 g/mol. The van der Waals surface area contributed by atoms with E-state index in [9.17, 15) is 18.8 Å². The van der Waals surface area contributed by atoms with Crippen molar-refractivity contribution in [3.63, 3.8) is 0 Å². The van der Waals surface area contributed by atoms with Gasteiger partial charge in [0.05, 0.1) is 11.7 Å². The first-order valence-corrected chi connectivity index (χ1v) is 8.04. The number of carbonyl (C=O) groups excluding carboxylic acids is 1. The summed E-state index contributed by atoms with van der Waals surface area (Å²) < 4.78 is 14.0. The lowest BCUT2D eigenvalue weighted by atomic mass is 9.95. The summed E-state index contributed by atoms with van der Waals surface area (Å²) >= 11 is 0. The molecular weight excluding hydrogens is 337 g/mol. The summed E-state index contributed by atoms with van der Waals surface area (Å²) in [6, 6.07) is 13.7. The maximum absolute atomic E-state index is 13.1. The van der Waals surface area contributed by atoms with Crippen molar-refractivity contribution < 1.29 is 9.18 Å². The van der Waals surface area contributed by atoms with E-state index < -0.39 is 17.3 Å². The third kappa shape index (κ3) is 2.63. The van der Waals surface area contributed by atoms with Gasteiger partial charge < -0.3 is 5.32 Å². The van der Waals surface area contributed by atoms with Gasteiger partial charge in [0.25, 0.3) is 5.56 Å². The van der Waals surface area contributed by atoms with Crippen LogP contribution in [0, 0.1) is 5.82 Å². The van der Waals surface area contributed by atoms with E-state index in [0.717, 1.165) is 4.57 Å². The minimum absolute atomic E-state index is 0.0364. The summed E-state index contributed by atoms with van der Waals surface area (Å²) in [4.78, 5) is 40.4. The molecule has 2 aromatic carbocycles. The van der Waals surface area contributed by atoms with Crippen molar-refractivity contribution >= 4 is 11.6 Å². The Hall–Kier alpha value is -3.48. The summed E-state index contributed by atoms with van der Waals surface area (Å²) in [5, 5.41) is 3.01. The van der Waals surface area contributed by atoms with Crippen molar-refractivity contribution in [1.29, 1.82) is 0 Å². The average Bonchev–Trinajstić information content (AvgIpc) is 2.62. The molecule has 0 bridgehead atoms. The molecular formula is C19H14FN3O3. The molecule has 0 saturated carbocycles. The Morgan fingerprint density at radius 1 is 0.962 bits per heavy atom. The molecule has 3 aromatic rings. The van der Waals surface area contributed by atoms with E-state index >= 15 is 0 Å². The van der Waals surface area contributed by atoms with E-state index in [2.05, 4.69) is 10.3 Å². The Kier molecular flexibility index (Phi) is 3.76. The fourth-order valence-electron chi connectivity index (χ4n) is 3.12. The van der Waals surface area contributed by atoms with Gasteiger partial charge in [0.15, 0.2) is 5.78 Å². The maximum atomic E-state index is 13.1. The number of Topliss-reactive ketones (excluding diaryl/α,β-unsaturated/α-hetero) is 1. The number of aromatic amines is 1. The van der Waals surface area contributed by atoms with Crippen LogP contribution in [-0.2, 0) is 0 Å². The molecule has 0 unspecified atom stereocenters. The van der Waals surface area contributed by atoms with Crippen LogP contribution in [0.4, 0.5) is 10.2 Å². The maximum Gasteiger partial charge on any atom is 0.334 e. The molecule has 0 fully saturated rings. The van der Waals surface area contributed by atoms with Crippen LogP contribution in [-0.4, -0.2) is 15.3 Å². The summed E-state index contributed by atoms with van der Waals surface area (Å²) in [6.07, 6.45) is 0.0364. The molecule has 1 atom stereocenters. The molecule has 1 aliphatic heterocycles. The second-order valence-electron chi connectivity index (χ2n) is 6.03. The molecule has 0 spiro atoms. The van der Waals surface area contributed by atoms with Crippen LogP contribution in [0.2, 0.25) is 0 Å². The quantitative estimate of drug-likeness (QED) is 0.743. The zero-order valence-corrected chi connectivity index (χ0v) is 13.5. The number of halogens is 1. The number of nitrogens with zero attached hydrogens (tertiary/aromatic N) is 1. The summed E-state index contributed by atoms with van der Waals surface area (Å²) in [6.45, 7) is 0. The molecule has 130 valence electrons. The Morgan fingerprint density at radius 3 is 2.35 bits per heavy atom. The zero-order chi connectivity index (χ0) is 18.3. The first-order valence-electron chi connectivity index (χ1n) is 8.04. The normalized spacial score (nSPS) is 16.0. The highest BCUT2D eigenvalue weighted by Crippen LogP contribution is 2.29. The van der Waals surface area contributed by atoms with Crippen LogP contribution in [0.15, 0.2) is 64.2 Å². The minimum atomic E-state index is -0.662. The van der Waals surface area contributed by atoms with Crippen molar-refractivity contribution in [1.82, 2.24) is 9.55 Å². The van der Waals surface area contributed by atoms with Crippen LogP contribution in [0.25, 0.3) is 5.69 Å². The van der Waals surface area contributed by atoms with E-state index in [4.69, 9.17) is 0 Å². The van der Waals surface area contributed by atoms with Crippen molar-refractivity contribution in [2.24, 2.45) is 0 Å². The van der Waals surface area contributed by atoms with Gasteiger partial charge in [0, 0.05) is 6.42 Å². The SMILES string of the molecule is O=C1C[C@H](c2ccc(F)cc2)Nc2[nH]c(=O)n(-c3ccccc3)c(=O)c21. The van der Waals surface area contributed by atoms with Gasteiger partial charge in [-0.05, 0) is 29.8 Å². The standard InChI is InChI=1S/C19H14FN3O3/c20-12-8-6-11(7-9-12)14-10-15(24)16-17(21-14)22-19(26)23(18(16)25)13-4-2-1-3-5-13/h1-9,14,21H,10H2,(H,22,26)/t14-/m1/s1. The van der Waals surface area contributed by atoms with Gasteiger partial charge in [-0.1, -0.05) is 30.3 Å². The topological polar surface area (TPSA) is 84.0 Å². The molecule has 26 heavy (non-hydrogen) atoms. The number of carbonyl (C=O) groups is 1. The predicted molar refractivity (Wildman–Crippen MR) is 94.4 cm³/mol. The van der Waals surface area contributed by atoms with Gasteiger partial charge in [0.1, 0.15) is 17.2 Å². The number of fused-ring (bicyclic) bond motifs is 1. The summed E-state index contributed by atoms with van der Waals surface area (Å²) in [5.74, 6) is -0.660. The number of anilines is 1. The molecule has 7 heteroatoms. The number of nitrogens with one attached hydrogen (secondary N) is 2. The number of hydrogen-bond acceptors (Lipinski definition) is 4. The third-order valence-corrected chi connectivity index (χ3v) is 4.38. The molecule has 4 rings (SSSR count). The number of benzene rings is 2. The first-order chi connectivity index (χ1) is 12.5. The van der Waals surface area contributed by atoms with Crippen molar-refractivity contribution in [2.45, 2.75) is 12.5 Å². The fourth-order valence-corrected chi connectivity index (χ4v) is 3.12. The van der Waals surface area contributed by atoms with Crippen LogP contribution in [0.5, 0.6) is 0 Å². The van der Waals surface area contributed by atoms with Crippen LogP contribution >= 0.6 is 0 Å². The Labute approximate surface area is 146 Å². The molecule has 0 radical (unpaired) electrons. The molecule has 0 amide bonds. The van der Waals surface area contributed by atoms with Crippen molar-refractivity contribution in [3.8, 4) is 5.69 Å². The number of rotatable bonds is 2. The summed E-state index contributed by atoms with van der Waals surface area (Å²) in [7, 11) is 0. The highest BCUT2D eigenvalue weighted by Gasteiger charge is 2.30. The Morgan fingerprint density at radius 2 is 1.65 bits per heavy atom. The molecule has 2 heterocycles. The van der Waals surface area contributed by atoms with Crippen molar-refractivity contribution in [3.05, 3.63) is 92.4 Å². The fraction of sp³-hybridized carbons (Fsp3) is 0.105. The van der Waals surface area contributed by atoms with Gasteiger partial charge in [-0.2, -0.15) is 0 Å². The van der Waals surface area contributed by atoms with Gasteiger partial charge in [-0.3, -0.25) is 14.6 Å². The lowest BCUT2D eigenvalue weighted by Crippen LogP contribution is -2.41. The molecule has 0 aliphatic carbocycles. The highest BCUT2D eigenvalue weighted by atomic mass is 19.1. The molecule has 0 saturated heterocycles. The van der Waals surface area contributed by atoms with E-state index in [1.165, 1.54) is 12.1 Å². The Balaban J connectivity index is 1.81. The van der Waals surface area contributed by atoms with Gasteiger partial charge in [-0.15, -0.1) is 0 Å². The number of ketones is 1. The van der Waals surface area contributed by atoms with Gasteiger partial charge in [0.2, 0.25) is 0 Å². The smallest absolute Gasteiger partial charge is 0.334 e. The predicted octanol–water partition coefficient (Wildman–Crippen LogP) is 2.40. The minimum Gasteiger partial charge on any atom is -0.363 e. The van der Waals surface area contributed by atoms with Gasteiger partial charge >= 0.3 is 5.69 Å². The lowest BCUT2D eigenvalue weighted by molar-refractivity contribution is 0.0969. The third-order valence-electron chi connectivity index (χ3n) is 4.38. The highest BCUT2D eigenvalue weighted by molar-refractivity contribution is 6.02. The number of para-hydroxylation sites is 1. The Bertz CT molecular complexity index is 1100. The van der Waals surface area contributed by atoms with E-state index in [1.807, 2.05) is 0 Å². The van der Waals surface area contributed by atoms with Crippen LogP contribution < -0.4 is 16.6 Å². The van der Waals surface area contributed by atoms with Crippen molar-refractivity contribution in [2.75, 3.05) is 5.32 Å². The molecule has 2 N–H and O–H groups in total. The van der Waals surface area contributed by atoms with Crippen LogP contribution in [0.3, 0.4) is 0 Å². The molecule has 6 nitrogen and oxygen atoms in total. The van der Waals surface area contributed by atoms with E-state index in [-0.39, 0.29) is 29.4 Å². The van der Waals surface area contributed by atoms with Crippen LogP contribution in [0.1, 0.15) is 28.4 Å².